The van der Waals surface area contributed by atoms with Crippen LogP contribution in [0.5, 0.6) is 0 Å². The van der Waals surface area contributed by atoms with Crippen LogP contribution in [0.1, 0.15) is 29.8 Å². The molecule has 1 aliphatic heterocycles. The van der Waals surface area contributed by atoms with Crippen LogP contribution in [0.15, 0.2) is 12.3 Å². The van der Waals surface area contributed by atoms with Gasteiger partial charge in [0, 0.05) is 33.9 Å². The van der Waals surface area contributed by atoms with Crippen LogP contribution >= 0.6 is 0 Å². The third-order valence-electron chi connectivity index (χ3n) is 3.42. The quantitative estimate of drug-likeness (QED) is 0.781. The third-order valence-corrected chi connectivity index (χ3v) is 3.42. The lowest BCUT2D eigenvalue weighted by Crippen LogP contribution is -2.51. The molecule has 0 spiro atoms. The Morgan fingerprint density at radius 2 is 2.11 bits per heavy atom. The molecule has 6 heteroatoms. The number of carbonyl (C=O) groups is 2. The van der Waals surface area contributed by atoms with E-state index in [1.54, 1.807) is 47.9 Å². The Balaban J connectivity index is 2.20. The topological polar surface area (TPSA) is 58.4 Å². The number of hydrogen-bond donors (Lipinski definition) is 0. The van der Waals surface area contributed by atoms with E-state index in [-0.39, 0.29) is 17.9 Å². The smallest absolute Gasteiger partial charge is 0.275 e. The van der Waals surface area contributed by atoms with Crippen LogP contribution in [0.2, 0.25) is 0 Å². The maximum Gasteiger partial charge on any atom is 0.275 e. The number of amides is 2. The summed E-state index contributed by atoms with van der Waals surface area (Å²) >= 11 is 0. The van der Waals surface area contributed by atoms with E-state index in [4.69, 9.17) is 0 Å². The fraction of sp³-hybridized carbons (Fsp3) is 0.615. The van der Waals surface area contributed by atoms with Crippen molar-refractivity contribution in [1.29, 1.82) is 0 Å². The second kappa shape index (κ2) is 5.42. The van der Waals surface area contributed by atoms with Gasteiger partial charge in [0.15, 0.2) is 0 Å². The summed E-state index contributed by atoms with van der Waals surface area (Å²) in [5.74, 6) is -0.163. The van der Waals surface area contributed by atoms with Gasteiger partial charge in [0.25, 0.3) is 5.91 Å². The molecule has 1 saturated heterocycles. The molecule has 1 fully saturated rings. The van der Waals surface area contributed by atoms with Gasteiger partial charge in [-0.1, -0.05) is 0 Å². The molecule has 2 amide bonds. The Morgan fingerprint density at radius 1 is 1.37 bits per heavy atom. The van der Waals surface area contributed by atoms with Crippen molar-refractivity contribution in [3.63, 3.8) is 0 Å². The Morgan fingerprint density at radius 3 is 2.68 bits per heavy atom. The normalized spacial score (nSPS) is 19.3. The zero-order chi connectivity index (χ0) is 14.0. The third kappa shape index (κ3) is 2.77. The van der Waals surface area contributed by atoms with Gasteiger partial charge in [-0.2, -0.15) is 5.10 Å². The number of aromatic nitrogens is 2. The highest BCUT2D eigenvalue weighted by Crippen LogP contribution is 2.20. The van der Waals surface area contributed by atoms with E-state index in [2.05, 4.69) is 5.10 Å². The number of rotatable bonds is 2. The predicted molar refractivity (Wildman–Crippen MR) is 70.6 cm³/mol. The van der Waals surface area contributed by atoms with E-state index in [0.717, 1.165) is 19.3 Å². The van der Waals surface area contributed by atoms with E-state index in [1.165, 1.54) is 0 Å². The van der Waals surface area contributed by atoms with Crippen LogP contribution in [-0.4, -0.2) is 58.1 Å². The average molecular weight is 264 g/mol. The molecule has 0 aromatic carbocycles. The minimum absolute atomic E-state index is 0.0102. The summed E-state index contributed by atoms with van der Waals surface area (Å²) in [7, 11) is 5.22. The fourth-order valence-electron chi connectivity index (χ4n) is 2.41. The molecule has 0 bridgehead atoms. The summed E-state index contributed by atoms with van der Waals surface area (Å²) in [4.78, 5) is 27.8. The van der Waals surface area contributed by atoms with Crippen molar-refractivity contribution in [2.45, 2.75) is 25.3 Å². The van der Waals surface area contributed by atoms with Crippen molar-refractivity contribution in [3.8, 4) is 0 Å². The molecule has 0 unspecified atom stereocenters. The van der Waals surface area contributed by atoms with Crippen molar-refractivity contribution in [1.82, 2.24) is 19.6 Å². The van der Waals surface area contributed by atoms with E-state index in [1.807, 2.05) is 0 Å². The molecule has 6 nitrogen and oxygen atoms in total. The number of likely N-dealkylation sites (N-methyl/N-ethyl adjacent to an activating group) is 1. The molecular weight excluding hydrogens is 244 g/mol. The number of likely N-dealkylation sites (tertiary alicyclic amines) is 1. The maximum atomic E-state index is 12.4. The van der Waals surface area contributed by atoms with Gasteiger partial charge in [0.1, 0.15) is 11.7 Å². The van der Waals surface area contributed by atoms with Gasteiger partial charge in [-0.05, 0) is 25.3 Å². The van der Waals surface area contributed by atoms with Gasteiger partial charge in [-0.15, -0.1) is 0 Å². The van der Waals surface area contributed by atoms with Crippen LogP contribution in [0.4, 0.5) is 0 Å². The Hall–Kier alpha value is -1.85. The first-order valence-corrected chi connectivity index (χ1v) is 6.52. The second-order valence-electron chi connectivity index (χ2n) is 5.12. The van der Waals surface area contributed by atoms with Crippen molar-refractivity contribution in [3.05, 3.63) is 18.0 Å². The van der Waals surface area contributed by atoms with Crippen LogP contribution in [0, 0.1) is 0 Å². The van der Waals surface area contributed by atoms with Gasteiger partial charge >= 0.3 is 0 Å². The highest BCUT2D eigenvalue weighted by molar-refractivity contribution is 5.96. The number of hydrogen-bond acceptors (Lipinski definition) is 3. The first-order chi connectivity index (χ1) is 9.00. The Labute approximate surface area is 113 Å². The molecule has 0 aliphatic carbocycles. The van der Waals surface area contributed by atoms with Crippen LogP contribution < -0.4 is 0 Å². The monoisotopic (exact) mass is 264 g/mol. The molecule has 1 aromatic rings. The first kappa shape index (κ1) is 13.6. The highest BCUT2D eigenvalue weighted by Gasteiger charge is 2.34. The first-order valence-electron chi connectivity index (χ1n) is 6.52. The van der Waals surface area contributed by atoms with E-state index in [9.17, 15) is 9.59 Å². The van der Waals surface area contributed by atoms with Crippen LogP contribution in [-0.2, 0) is 11.8 Å². The molecule has 104 valence electrons. The summed E-state index contributed by atoms with van der Waals surface area (Å²) < 4.78 is 1.60. The summed E-state index contributed by atoms with van der Waals surface area (Å²) in [6, 6.07) is 1.34. The minimum Gasteiger partial charge on any atom is -0.347 e. The number of nitrogens with zero attached hydrogens (tertiary/aromatic N) is 4. The van der Waals surface area contributed by atoms with Gasteiger partial charge in [-0.25, -0.2) is 0 Å². The van der Waals surface area contributed by atoms with E-state index < -0.39 is 0 Å². The molecule has 1 aromatic heterocycles. The van der Waals surface area contributed by atoms with E-state index >= 15 is 0 Å². The second-order valence-corrected chi connectivity index (χ2v) is 5.12. The molecule has 2 rings (SSSR count). The van der Waals surface area contributed by atoms with Crippen LogP contribution in [0.3, 0.4) is 0 Å². The zero-order valence-electron chi connectivity index (χ0n) is 11.7. The molecule has 0 N–H and O–H groups in total. The van der Waals surface area contributed by atoms with Gasteiger partial charge < -0.3 is 9.80 Å². The van der Waals surface area contributed by atoms with Crippen LogP contribution in [0.25, 0.3) is 0 Å². The largest absolute Gasteiger partial charge is 0.347 e. The lowest BCUT2D eigenvalue weighted by molar-refractivity contribution is -0.134. The van der Waals surface area contributed by atoms with E-state index in [0.29, 0.717) is 12.2 Å². The SMILES string of the molecule is CN(C)C(=O)[C@@H]1CCCCN1C(=O)c1ccn(C)n1. The molecule has 19 heavy (non-hydrogen) atoms. The zero-order valence-corrected chi connectivity index (χ0v) is 11.7. The van der Waals surface area contributed by atoms with Gasteiger partial charge in [-0.3, -0.25) is 14.3 Å². The lowest BCUT2D eigenvalue weighted by Gasteiger charge is -2.35. The van der Waals surface area contributed by atoms with Gasteiger partial charge in [0.05, 0.1) is 0 Å². The molecule has 1 atom stereocenters. The number of carbonyl (C=O) groups excluding carboxylic acids is 2. The summed E-state index contributed by atoms with van der Waals surface area (Å²) in [5.41, 5.74) is 0.404. The lowest BCUT2D eigenvalue weighted by atomic mass is 10.0. The Bertz CT molecular complexity index is 481. The van der Waals surface area contributed by atoms with Gasteiger partial charge in [0.2, 0.25) is 5.91 Å². The highest BCUT2D eigenvalue weighted by atomic mass is 16.2. The molecule has 0 radical (unpaired) electrons. The van der Waals surface area contributed by atoms with Crippen molar-refractivity contribution in [2.75, 3.05) is 20.6 Å². The summed E-state index contributed by atoms with van der Waals surface area (Å²) in [6.45, 7) is 0.625. The minimum atomic E-state index is -0.349. The molecule has 1 aliphatic rings. The average Bonchev–Trinajstić information content (AvgIpc) is 2.83. The molecule has 2 heterocycles. The maximum absolute atomic E-state index is 12.4. The summed E-state index contributed by atoms with van der Waals surface area (Å²) in [6.07, 6.45) is 4.39. The fourth-order valence-corrected chi connectivity index (χ4v) is 2.41. The number of piperidine rings is 1. The molecule has 0 saturated carbocycles. The molecular formula is C13H20N4O2. The standard InChI is InChI=1S/C13H20N4O2/c1-15(2)13(19)11-6-4-5-8-17(11)12(18)10-7-9-16(3)14-10/h7,9,11H,4-6,8H2,1-3H3/t11-/m0/s1. The summed E-state index contributed by atoms with van der Waals surface area (Å²) in [5, 5.41) is 4.12. The van der Waals surface area contributed by atoms with Crippen molar-refractivity contribution in [2.24, 2.45) is 7.05 Å². The van der Waals surface area contributed by atoms with Crippen molar-refractivity contribution >= 4 is 11.8 Å². The van der Waals surface area contributed by atoms with Crippen molar-refractivity contribution < 1.29 is 9.59 Å². The Kier molecular flexibility index (Phi) is 3.87. The predicted octanol–water partition coefficient (Wildman–Crippen LogP) is 0.503. The number of aryl methyl sites for hydroxylation is 1.